The largest absolute Gasteiger partial charge is 0.447 e. The van der Waals surface area contributed by atoms with Crippen LogP contribution in [0.4, 0.5) is 0 Å². The summed E-state index contributed by atoms with van der Waals surface area (Å²) in [5, 5.41) is 4.02. The predicted octanol–water partition coefficient (Wildman–Crippen LogP) is 5.51. The minimum absolute atomic E-state index is 0.234. The molecule has 0 saturated heterocycles. The van der Waals surface area contributed by atoms with E-state index >= 15 is 0 Å². The Labute approximate surface area is 202 Å². The van der Waals surface area contributed by atoms with Crippen molar-refractivity contribution in [2.24, 2.45) is 0 Å². The van der Waals surface area contributed by atoms with E-state index in [-0.39, 0.29) is 11.6 Å². The molecule has 8 heteroatoms. The lowest BCUT2D eigenvalue weighted by Crippen LogP contribution is -2.24. The third kappa shape index (κ3) is 6.65. The van der Waals surface area contributed by atoms with Crippen LogP contribution in [0.3, 0.4) is 0 Å². The number of rotatable bonds is 9. The third-order valence-electron chi connectivity index (χ3n) is 4.98. The zero-order chi connectivity index (χ0) is 23.0. The second-order valence-corrected chi connectivity index (χ2v) is 8.38. The lowest BCUT2D eigenvalue weighted by molar-refractivity contribution is 0.0945. The van der Waals surface area contributed by atoms with Gasteiger partial charge in [-0.1, -0.05) is 65.7 Å². The molecule has 0 bridgehead atoms. The first-order chi connectivity index (χ1) is 16.1. The van der Waals surface area contributed by atoms with Gasteiger partial charge in [0.1, 0.15) is 6.26 Å². The summed E-state index contributed by atoms with van der Waals surface area (Å²) < 4.78 is 5.61. The SMILES string of the molecule is O=C(NCc1cccnc1)c1coc(CN(Cc2ccccc2)Cc2ccc(Cl)cc2Cl)n1. The Morgan fingerprint density at radius 1 is 0.970 bits per heavy atom. The summed E-state index contributed by atoms with van der Waals surface area (Å²) in [6.07, 6.45) is 4.77. The van der Waals surface area contributed by atoms with E-state index in [9.17, 15) is 4.79 Å². The van der Waals surface area contributed by atoms with Crippen molar-refractivity contribution in [1.29, 1.82) is 0 Å². The molecule has 0 aliphatic rings. The van der Waals surface area contributed by atoms with Crippen LogP contribution in [0.2, 0.25) is 10.0 Å². The number of nitrogens with zero attached hydrogens (tertiary/aromatic N) is 3. The highest BCUT2D eigenvalue weighted by atomic mass is 35.5. The molecular weight excluding hydrogens is 459 g/mol. The molecule has 0 radical (unpaired) electrons. The molecule has 33 heavy (non-hydrogen) atoms. The highest BCUT2D eigenvalue weighted by molar-refractivity contribution is 6.35. The number of hydrogen-bond donors (Lipinski definition) is 1. The second kappa shape index (κ2) is 11.1. The molecular formula is C25H22Cl2N4O2. The Balaban J connectivity index is 1.45. The molecule has 2 heterocycles. The van der Waals surface area contributed by atoms with Gasteiger partial charge in [0.2, 0.25) is 5.89 Å². The fraction of sp³-hybridized carbons (Fsp3) is 0.160. The summed E-state index contributed by atoms with van der Waals surface area (Å²) in [5.41, 5.74) is 3.23. The number of oxazole rings is 1. The fourth-order valence-electron chi connectivity index (χ4n) is 3.35. The number of nitrogens with one attached hydrogen (secondary N) is 1. The molecule has 0 aliphatic heterocycles. The number of carbonyl (C=O) groups excluding carboxylic acids is 1. The minimum Gasteiger partial charge on any atom is -0.447 e. The fourth-order valence-corrected chi connectivity index (χ4v) is 3.82. The van der Waals surface area contributed by atoms with Gasteiger partial charge in [-0.3, -0.25) is 14.7 Å². The van der Waals surface area contributed by atoms with E-state index in [2.05, 4.69) is 32.3 Å². The number of carbonyl (C=O) groups is 1. The van der Waals surface area contributed by atoms with Gasteiger partial charge in [-0.15, -0.1) is 0 Å². The van der Waals surface area contributed by atoms with Crippen LogP contribution in [0.1, 0.15) is 33.1 Å². The number of halogens is 2. The molecule has 2 aromatic heterocycles. The first kappa shape index (κ1) is 23.0. The molecule has 0 aliphatic carbocycles. The summed E-state index contributed by atoms with van der Waals surface area (Å²) in [6.45, 7) is 1.99. The van der Waals surface area contributed by atoms with Crippen LogP contribution in [-0.4, -0.2) is 20.8 Å². The van der Waals surface area contributed by atoms with Crippen LogP contribution in [0.5, 0.6) is 0 Å². The number of hydrogen-bond acceptors (Lipinski definition) is 5. The van der Waals surface area contributed by atoms with E-state index in [1.807, 2.05) is 42.5 Å². The van der Waals surface area contributed by atoms with Gasteiger partial charge in [-0.25, -0.2) is 4.98 Å². The zero-order valence-corrected chi connectivity index (χ0v) is 19.3. The lowest BCUT2D eigenvalue weighted by atomic mass is 10.1. The number of aromatic nitrogens is 2. The first-order valence-corrected chi connectivity index (χ1v) is 11.1. The monoisotopic (exact) mass is 480 g/mol. The summed E-state index contributed by atoms with van der Waals surface area (Å²) in [5.74, 6) is 0.145. The van der Waals surface area contributed by atoms with E-state index in [0.717, 1.165) is 16.7 Å². The molecule has 0 atom stereocenters. The van der Waals surface area contributed by atoms with Crippen molar-refractivity contribution in [2.75, 3.05) is 0 Å². The Bertz CT molecular complexity index is 1200. The molecule has 4 aromatic rings. The van der Waals surface area contributed by atoms with Crippen LogP contribution >= 0.6 is 23.2 Å². The maximum atomic E-state index is 12.5. The summed E-state index contributed by atoms with van der Waals surface area (Å²) in [4.78, 5) is 23.1. The standard InChI is InChI=1S/C25H22Cl2N4O2/c26-21-9-8-20(22(27)11-21)15-31(14-18-5-2-1-3-6-18)16-24-30-23(17-33-24)25(32)29-13-19-7-4-10-28-12-19/h1-12,17H,13-16H2,(H,29,32). The summed E-state index contributed by atoms with van der Waals surface area (Å²) >= 11 is 12.4. The molecule has 0 unspecified atom stereocenters. The van der Waals surface area contributed by atoms with E-state index in [1.54, 1.807) is 18.5 Å². The molecule has 1 N–H and O–H groups in total. The Morgan fingerprint density at radius 2 is 1.79 bits per heavy atom. The van der Waals surface area contributed by atoms with Crippen molar-refractivity contribution in [3.8, 4) is 0 Å². The van der Waals surface area contributed by atoms with Gasteiger partial charge in [-0.2, -0.15) is 0 Å². The lowest BCUT2D eigenvalue weighted by Gasteiger charge is -2.21. The van der Waals surface area contributed by atoms with Gasteiger partial charge in [0, 0.05) is 42.1 Å². The van der Waals surface area contributed by atoms with E-state index in [4.69, 9.17) is 27.6 Å². The predicted molar refractivity (Wildman–Crippen MR) is 128 cm³/mol. The van der Waals surface area contributed by atoms with Gasteiger partial charge in [0.25, 0.3) is 5.91 Å². The van der Waals surface area contributed by atoms with Gasteiger partial charge in [-0.05, 0) is 34.9 Å². The molecule has 168 valence electrons. The number of amides is 1. The average molecular weight is 481 g/mol. The van der Waals surface area contributed by atoms with Crippen molar-refractivity contribution in [2.45, 2.75) is 26.2 Å². The summed E-state index contributed by atoms with van der Waals surface area (Å²) in [7, 11) is 0. The Morgan fingerprint density at radius 3 is 2.55 bits per heavy atom. The van der Waals surface area contributed by atoms with E-state index in [0.29, 0.717) is 42.1 Å². The molecule has 1 amide bonds. The van der Waals surface area contributed by atoms with E-state index < -0.39 is 0 Å². The maximum Gasteiger partial charge on any atom is 0.273 e. The third-order valence-corrected chi connectivity index (χ3v) is 5.56. The highest BCUT2D eigenvalue weighted by Crippen LogP contribution is 2.24. The van der Waals surface area contributed by atoms with Crippen molar-refractivity contribution in [1.82, 2.24) is 20.2 Å². The number of benzene rings is 2. The minimum atomic E-state index is -0.302. The van der Waals surface area contributed by atoms with Crippen molar-refractivity contribution in [3.05, 3.63) is 118 Å². The van der Waals surface area contributed by atoms with Crippen LogP contribution < -0.4 is 5.32 Å². The number of pyridine rings is 1. The molecule has 0 spiro atoms. The molecule has 4 rings (SSSR count). The van der Waals surface area contributed by atoms with Crippen LogP contribution in [0, 0.1) is 0 Å². The second-order valence-electron chi connectivity index (χ2n) is 7.54. The zero-order valence-electron chi connectivity index (χ0n) is 17.7. The quantitative estimate of drug-likeness (QED) is 0.342. The topological polar surface area (TPSA) is 71.3 Å². The van der Waals surface area contributed by atoms with Crippen LogP contribution in [-0.2, 0) is 26.2 Å². The smallest absolute Gasteiger partial charge is 0.273 e. The van der Waals surface area contributed by atoms with Crippen molar-refractivity contribution >= 4 is 29.1 Å². The van der Waals surface area contributed by atoms with Crippen LogP contribution in [0.15, 0.2) is 83.7 Å². The summed E-state index contributed by atoms with van der Waals surface area (Å²) in [6, 6.07) is 19.3. The van der Waals surface area contributed by atoms with Crippen molar-refractivity contribution in [3.63, 3.8) is 0 Å². The van der Waals surface area contributed by atoms with Crippen molar-refractivity contribution < 1.29 is 9.21 Å². The normalized spacial score (nSPS) is 11.0. The van der Waals surface area contributed by atoms with E-state index in [1.165, 1.54) is 6.26 Å². The Hall–Kier alpha value is -3.19. The molecule has 0 fully saturated rings. The molecule has 2 aromatic carbocycles. The maximum absolute atomic E-state index is 12.5. The highest BCUT2D eigenvalue weighted by Gasteiger charge is 2.17. The van der Waals surface area contributed by atoms with Gasteiger partial charge >= 0.3 is 0 Å². The first-order valence-electron chi connectivity index (χ1n) is 10.4. The molecule has 0 saturated carbocycles. The average Bonchev–Trinajstić information content (AvgIpc) is 3.29. The molecule has 6 nitrogen and oxygen atoms in total. The van der Waals surface area contributed by atoms with Gasteiger partial charge < -0.3 is 9.73 Å². The van der Waals surface area contributed by atoms with Gasteiger partial charge in [0.15, 0.2) is 5.69 Å². The Kier molecular flexibility index (Phi) is 7.73. The van der Waals surface area contributed by atoms with Crippen LogP contribution in [0.25, 0.3) is 0 Å². The van der Waals surface area contributed by atoms with Gasteiger partial charge in [0.05, 0.1) is 6.54 Å².